The van der Waals surface area contributed by atoms with E-state index in [1.807, 2.05) is 24.3 Å². The molecule has 0 spiro atoms. The summed E-state index contributed by atoms with van der Waals surface area (Å²) in [4.78, 5) is 36.2. The number of hydrogen-bond donors (Lipinski definition) is 3. The predicted molar refractivity (Wildman–Crippen MR) is 133 cm³/mol. The lowest BCUT2D eigenvalue weighted by Gasteiger charge is -2.28. The molecule has 7 heteroatoms. The van der Waals surface area contributed by atoms with Crippen LogP contribution in [0.5, 0.6) is 0 Å². The van der Waals surface area contributed by atoms with Crippen molar-refractivity contribution in [1.82, 2.24) is 10.6 Å². The molecule has 4 rings (SSSR count). The molecular formula is C28H34N2O5. The first-order valence-corrected chi connectivity index (χ1v) is 12.6. The maximum atomic E-state index is 13.0. The van der Waals surface area contributed by atoms with Crippen molar-refractivity contribution in [3.63, 3.8) is 0 Å². The van der Waals surface area contributed by atoms with Gasteiger partial charge in [-0.2, -0.15) is 0 Å². The van der Waals surface area contributed by atoms with E-state index >= 15 is 0 Å². The highest BCUT2D eigenvalue weighted by Crippen LogP contribution is 2.44. The number of unbranched alkanes of at least 4 members (excludes halogenated alkanes) is 2. The molecule has 7 nitrogen and oxygen atoms in total. The van der Waals surface area contributed by atoms with Crippen LogP contribution in [0, 0.1) is 5.41 Å². The smallest absolute Gasteiger partial charge is 0.407 e. The van der Waals surface area contributed by atoms with Gasteiger partial charge >= 0.3 is 12.1 Å². The van der Waals surface area contributed by atoms with E-state index in [9.17, 15) is 14.4 Å². The SMILES string of the molecule is O=C(O)CCCCCNC(=O)C1(CNC(=O)OCC2c3ccccc3-c3ccccc32)CCCC1. The second-order valence-electron chi connectivity index (χ2n) is 9.63. The van der Waals surface area contributed by atoms with E-state index in [0.29, 0.717) is 13.0 Å². The molecule has 0 radical (unpaired) electrons. The summed E-state index contributed by atoms with van der Waals surface area (Å²) in [5.74, 6) is -0.830. The van der Waals surface area contributed by atoms with Crippen LogP contribution in [-0.4, -0.2) is 42.8 Å². The Morgan fingerprint density at radius 3 is 2.14 bits per heavy atom. The molecule has 2 aromatic rings. The zero-order valence-corrected chi connectivity index (χ0v) is 20.1. The van der Waals surface area contributed by atoms with Crippen LogP contribution < -0.4 is 10.6 Å². The number of aliphatic carboxylic acids is 1. The molecule has 2 amide bonds. The zero-order chi connectivity index (χ0) is 24.7. The molecule has 0 aliphatic heterocycles. The molecule has 2 aromatic carbocycles. The first-order valence-electron chi connectivity index (χ1n) is 12.6. The molecule has 0 aromatic heterocycles. The van der Waals surface area contributed by atoms with Crippen molar-refractivity contribution in [2.45, 2.75) is 57.3 Å². The Balaban J connectivity index is 1.27. The number of rotatable bonds is 11. The molecule has 186 valence electrons. The van der Waals surface area contributed by atoms with Gasteiger partial charge in [0.1, 0.15) is 6.61 Å². The van der Waals surface area contributed by atoms with Crippen molar-refractivity contribution in [3.8, 4) is 11.1 Å². The molecule has 2 aliphatic carbocycles. The number of nitrogens with one attached hydrogen (secondary N) is 2. The summed E-state index contributed by atoms with van der Waals surface area (Å²) in [5, 5.41) is 14.6. The van der Waals surface area contributed by atoms with Crippen molar-refractivity contribution in [2.75, 3.05) is 19.7 Å². The van der Waals surface area contributed by atoms with Gasteiger partial charge in [0.15, 0.2) is 0 Å². The van der Waals surface area contributed by atoms with E-state index in [0.717, 1.165) is 49.7 Å². The summed E-state index contributed by atoms with van der Waals surface area (Å²) in [6.45, 7) is 1.02. The van der Waals surface area contributed by atoms with Crippen LogP contribution in [-0.2, 0) is 14.3 Å². The van der Waals surface area contributed by atoms with Gasteiger partial charge in [-0.05, 0) is 47.9 Å². The summed E-state index contributed by atoms with van der Waals surface area (Å²) >= 11 is 0. The number of carbonyl (C=O) groups is 3. The number of ether oxygens (including phenoxy) is 1. The van der Waals surface area contributed by atoms with Gasteiger partial charge in [0.25, 0.3) is 0 Å². The average molecular weight is 479 g/mol. The largest absolute Gasteiger partial charge is 0.481 e. The quantitative estimate of drug-likeness (QED) is 0.401. The fourth-order valence-electron chi connectivity index (χ4n) is 5.39. The van der Waals surface area contributed by atoms with E-state index in [1.165, 1.54) is 11.1 Å². The number of carbonyl (C=O) groups excluding carboxylic acids is 2. The third-order valence-corrected chi connectivity index (χ3v) is 7.31. The monoisotopic (exact) mass is 478 g/mol. The lowest BCUT2D eigenvalue weighted by atomic mass is 9.85. The van der Waals surface area contributed by atoms with Crippen LogP contribution in [0.2, 0.25) is 0 Å². The Bertz CT molecular complexity index is 1020. The van der Waals surface area contributed by atoms with Crippen LogP contribution in [0.3, 0.4) is 0 Å². The highest BCUT2D eigenvalue weighted by Gasteiger charge is 2.41. The molecule has 0 atom stereocenters. The summed E-state index contributed by atoms with van der Waals surface area (Å²) in [6, 6.07) is 16.4. The fourth-order valence-corrected chi connectivity index (χ4v) is 5.39. The van der Waals surface area contributed by atoms with Crippen molar-refractivity contribution in [2.24, 2.45) is 5.41 Å². The molecular weight excluding hydrogens is 444 g/mol. The summed E-state index contributed by atoms with van der Waals surface area (Å²) in [7, 11) is 0. The van der Waals surface area contributed by atoms with E-state index in [4.69, 9.17) is 9.84 Å². The Hall–Kier alpha value is -3.35. The van der Waals surface area contributed by atoms with E-state index < -0.39 is 17.5 Å². The van der Waals surface area contributed by atoms with Crippen LogP contribution in [0.15, 0.2) is 48.5 Å². The number of carboxylic acid groups (broad SMARTS) is 1. The number of alkyl carbamates (subject to hydrolysis) is 1. The summed E-state index contributed by atoms with van der Waals surface area (Å²) in [5.41, 5.74) is 4.09. The zero-order valence-electron chi connectivity index (χ0n) is 20.1. The minimum atomic E-state index is -0.793. The number of amides is 2. The average Bonchev–Trinajstić information content (AvgIpc) is 3.47. The van der Waals surface area contributed by atoms with E-state index in [-0.39, 0.29) is 31.4 Å². The molecule has 35 heavy (non-hydrogen) atoms. The third kappa shape index (κ3) is 5.84. The minimum absolute atomic E-state index is 0.00184. The fraction of sp³-hybridized carbons (Fsp3) is 0.464. The molecule has 0 saturated heterocycles. The van der Waals surface area contributed by atoms with Gasteiger partial charge in [0, 0.05) is 25.4 Å². The third-order valence-electron chi connectivity index (χ3n) is 7.31. The summed E-state index contributed by atoms with van der Waals surface area (Å²) < 4.78 is 5.64. The van der Waals surface area contributed by atoms with Crippen molar-refractivity contribution in [3.05, 3.63) is 59.7 Å². The lowest BCUT2D eigenvalue weighted by molar-refractivity contribution is -0.137. The highest BCUT2D eigenvalue weighted by molar-refractivity contribution is 5.84. The van der Waals surface area contributed by atoms with E-state index in [1.54, 1.807) is 0 Å². The van der Waals surface area contributed by atoms with Gasteiger partial charge in [-0.3, -0.25) is 9.59 Å². The van der Waals surface area contributed by atoms with Gasteiger partial charge < -0.3 is 20.5 Å². The van der Waals surface area contributed by atoms with Crippen LogP contribution in [0.25, 0.3) is 11.1 Å². The summed E-state index contributed by atoms with van der Waals surface area (Å²) in [6.07, 6.45) is 5.16. The molecule has 2 aliphatic rings. The highest BCUT2D eigenvalue weighted by atomic mass is 16.5. The molecule has 3 N–H and O–H groups in total. The second-order valence-corrected chi connectivity index (χ2v) is 9.63. The maximum absolute atomic E-state index is 13.0. The first-order chi connectivity index (χ1) is 17.0. The van der Waals surface area contributed by atoms with Crippen molar-refractivity contribution >= 4 is 18.0 Å². The number of fused-ring (bicyclic) bond motifs is 3. The topological polar surface area (TPSA) is 105 Å². The number of hydrogen-bond acceptors (Lipinski definition) is 4. The predicted octanol–water partition coefficient (Wildman–Crippen LogP) is 4.85. The van der Waals surface area contributed by atoms with Gasteiger partial charge in [-0.1, -0.05) is 67.8 Å². The van der Waals surface area contributed by atoms with Gasteiger partial charge in [-0.15, -0.1) is 0 Å². The van der Waals surface area contributed by atoms with Crippen LogP contribution >= 0.6 is 0 Å². The molecule has 0 heterocycles. The maximum Gasteiger partial charge on any atom is 0.407 e. The standard InChI is InChI=1S/C28H34N2O5/c31-25(32)14-2-1-9-17-29-26(33)28(15-7-8-16-28)19-30-27(34)35-18-24-22-12-5-3-10-20(22)21-11-4-6-13-23(21)24/h3-6,10-13,24H,1-2,7-9,14-19H2,(H,29,33)(H,30,34)(H,31,32). The van der Waals surface area contributed by atoms with Crippen LogP contribution in [0.4, 0.5) is 4.79 Å². The number of benzene rings is 2. The molecule has 1 saturated carbocycles. The Morgan fingerprint density at radius 1 is 0.886 bits per heavy atom. The normalized spacial score (nSPS) is 15.8. The van der Waals surface area contributed by atoms with Gasteiger partial charge in [-0.25, -0.2) is 4.79 Å². The van der Waals surface area contributed by atoms with Gasteiger partial charge in [0.05, 0.1) is 5.41 Å². The van der Waals surface area contributed by atoms with Crippen molar-refractivity contribution < 1.29 is 24.2 Å². The molecule has 1 fully saturated rings. The lowest BCUT2D eigenvalue weighted by Crippen LogP contribution is -2.47. The van der Waals surface area contributed by atoms with Gasteiger partial charge in [0.2, 0.25) is 5.91 Å². The first kappa shape index (κ1) is 24.8. The minimum Gasteiger partial charge on any atom is -0.481 e. The Morgan fingerprint density at radius 2 is 1.51 bits per heavy atom. The second kappa shape index (κ2) is 11.4. The molecule has 0 bridgehead atoms. The Kier molecular flexibility index (Phi) is 8.06. The van der Waals surface area contributed by atoms with E-state index in [2.05, 4.69) is 34.9 Å². The van der Waals surface area contributed by atoms with Crippen molar-refractivity contribution in [1.29, 1.82) is 0 Å². The molecule has 0 unspecified atom stereocenters. The van der Waals surface area contributed by atoms with Crippen LogP contribution in [0.1, 0.15) is 68.4 Å². The Labute approximate surface area is 206 Å². The number of carboxylic acids is 1.